The molecule has 1 saturated carbocycles. The number of aliphatic imine (C=N–C) groups is 1. The van der Waals surface area contributed by atoms with Gasteiger partial charge in [-0.1, -0.05) is 42.5 Å². The van der Waals surface area contributed by atoms with Crippen LogP contribution in [0.5, 0.6) is 5.75 Å². The zero-order valence-corrected chi connectivity index (χ0v) is 21.9. The van der Waals surface area contributed by atoms with Crippen LogP contribution in [0.15, 0.2) is 53.5 Å². The summed E-state index contributed by atoms with van der Waals surface area (Å²) in [5.74, 6) is 2.54. The summed E-state index contributed by atoms with van der Waals surface area (Å²) < 4.78 is 11.5. The Kier molecular flexibility index (Phi) is 10.8. The summed E-state index contributed by atoms with van der Waals surface area (Å²) in [5.41, 5.74) is 3.71. The van der Waals surface area contributed by atoms with Crippen molar-refractivity contribution in [3.05, 3.63) is 65.2 Å². The van der Waals surface area contributed by atoms with Crippen LogP contribution < -0.4 is 15.4 Å². The van der Waals surface area contributed by atoms with E-state index in [1.54, 1.807) is 0 Å². The Balaban J connectivity index is 0.00000306. The van der Waals surface area contributed by atoms with E-state index < -0.39 is 0 Å². The first-order chi connectivity index (χ1) is 15.8. The normalized spacial score (nSPS) is 16.7. The van der Waals surface area contributed by atoms with Crippen LogP contribution in [0.1, 0.15) is 36.5 Å². The number of para-hydroxylation sites is 1. The predicted molar refractivity (Wildman–Crippen MR) is 144 cm³/mol. The first-order valence-corrected chi connectivity index (χ1v) is 11.9. The average molecular weight is 565 g/mol. The molecule has 1 aliphatic carbocycles. The SMILES string of the molecule is CCNC(=NCc1ccc(CN2CCOCC2)cc1)NCc1ccccc1OCC1CC1.I. The number of halogens is 1. The van der Waals surface area contributed by atoms with Crippen LogP contribution in [0.25, 0.3) is 0 Å². The number of rotatable bonds is 10. The molecule has 2 fully saturated rings. The largest absolute Gasteiger partial charge is 0.493 e. The molecule has 0 radical (unpaired) electrons. The van der Waals surface area contributed by atoms with E-state index in [1.165, 1.54) is 24.0 Å². The number of hydrogen-bond acceptors (Lipinski definition) is 4. The summed E-state index contributed by atoms with van der Waals surface area (Å²) in [6.45, 7) is 9.75. The molecule has 4 rings (SSSR count). The van der Waals surface area contributed by atoms with Crippen LogP contribution in [-0.4, -0.2) is 50.3 Å². The molecule has 1 aliphatic heterocycles. The first-order valence-electron chi connectivity index (χ1n) is 11.9. The maximum absolute atomic E-state index is 6.04. The maximum Gasteiger partial charge on any atom is 0.191 e. The standard InChI is InChI=1S/C26H36N4O2.HI/c1-2-27-26(29-18-24-5-3-4-6-25(24)32-20-23-11-12-23)28-17-21-7-9-22(10-8-21)19-30-13-15-31-16-14-30;/h3-10,23H,2,11-20H2,1H3,(H2,27,28,29);1H. The van der Waals surface area contributed by atoms with Gasteiger partial charge in [0.15, 0.2) is 5.96 Å². The number of ether oxygens (including phenoxy) is 2. The van der Waals surface area contributed by atoms with Crippen LogP contribution >= 0.6 is 24.0 Å². The highest BCUT2D eigenvalue weighted by atomic mass is 127. The van der Waals surface area contributed by atoms with Crippen molar-refractivity contribution < 1.29 is 9.47 Å². The lowest BCUT2D eigenvalue weighted by Crippen LogP contribution is -2.36. The second kappa shape index (κ2) is 13.8. The van der Waals surface area contributed by atoms with Crippen molar-refractivity contribution in [2.24, 2.45) is 10.9 Å². The third kappa shape index (κ3) is 8.79. The van der Waals surface area contributed by atoms with Crippen LogP contribution in [-0.2, 0) is 24.4 Å². The molecule has 2 aliphatic rings. The van der Waals surface area contributed by atoms with Crippen molar-refractivity contribution in [3.8, 4) is 5.75 Å². The third-order valence-corrected chi connectivity index (χ3v) is 5.89. The molecule has 0 bridgehead atoms. The summed E-state index contributed by atoms with van der Waals surface area (Å²) >= 11 is 0. The number of hydrogen-bond donors (Lipinski definition) is 2. The first kappa shape index (κ1) is 25.8. The molecule has 7 heteroatoms. The van der Waals surface area contributed by atoms with Gasteiger partial charge in [-0.2, -0.15) is 0 Å². The Morgan fingerprint density at radius 2 is 1.76 bits per heavy atom. The topological polar surface area (TPSA) is 58.1 Å². The van der Waals surface area contributed by atoms with Gasteiger partial charge in [0, 0.05) is 38.3 Å². The highest BCUT2D eigenvalue weighted by Crippen LogP contribution is 2.30. The maximum atomic E-state index is 6.04. The van der Waals surface area contributed by atoms with E-state index in [9.17, 15) is 0 Å². The van der Waals surface area contributed by atoms with Gasteiger partial charge >= 0.3 is 0 Å². The van der Waals surface area contributed by atoms with Crippen molar-refractivity contribution in [1.82, 2.24) is 15.5 Å². The number of guanidine groups is 1. The van der Waals surface area contributed by atoms with Gasteiger partial charge in [-0.3, -0.25) is 4.90 Å². The summed E-state index contributed by atoms with van der Waals surface area (Å²) in [6, 6.07) is 17.1. The fraction of sp³-hybridized carbons (Fsp3) is 0.500. The van der Waals surface area contributed by atoms with Crippen LogP contribution in [0.4, 0.5) is 0 Å². The molecule has 6 nitrogen and oxygen atoms in total. The van der Waals surface area contributed by atoms with Gasteiger partial charge in [0.1, 0.15) is 5.75 Å². The van der Waals surface area contributed by atoms with Gasteiger partial charge in [0.2, 0.25) is 0 Å². The summed E-state index contributed by atoms with van der Waals surface area (Å²) in [4.78, 5) is 7.23. The smallest absolute Gasteiger partial charge is 0.191 e. The highest BCUT2D eigenvalue weighted by molar-refractivity contribution is 14.0. The summed E-state index contributed by atoms with van der Waals surface area (Å²) in [6.07, 6.45) is 2.59. The zero-order valence-electron chi connectivity index (χ0n) is 19.6. The molecule has 0 spiro atoms. The Morgan fingerprint density at radius 3 is 2.48 bits per heavy atom. The second-order valence-corrected chi connectivity index (χ2v) is 8.62. The minimum atomic E-state index is 0. The van der Waals surface area contributed by atoms with Gasteiger partial charge in [-0.25, -0.2) is 4.99 Å². The molecule has 0 aromatic heterocycles. The quantitative estimate of drug-likeness (QED) is 0.258. The van der Waals surface area contributed by atoms with Crippen molar-refractivity contribution in [1.29, 1.82) is 0 Å². The molecule has 2 aromatic rings. The van der Waals surface area contributed by atoms with Gasteiger partial charge in [0.25, 0.3) is 0 Å². The third-order valence-electron chi connectivity index (χ3n) is 5.89. The van der Waals surface area contributed by atoms with E-state index in [0.29, 0.717) is 13.1 Å². The van der Waals surface area contributed by atoms with E-state index in [4.69, 9.17) is 14.5 Å². The Labute approximate surface area is 215 Å². The van der Waals surface area contributed by atoms with Gasteiger partial charge in [-0.15, -0.1) is 24.0 Å². The minimum absolute atomic E-state index is 0. The van der Waals surface area contributed by atoms with E-state index in [1.807, 2.05) is 6.07 Å². The molecule has 33 heavy (non-hydrogen) atoms. The lowest BCUT2D eigenvalue weighted by atomic mass is 10.1. The van der Waals surface area contributed by atoms with Gasteiger partial charge in [0.05, 0.1) is 26.4 Å². The Hall–Kier alpha value is -1.84. The molecule has 0 unspecified atom stereocenters. The summed E-state index contributed by atoms with van der Waals surface area (Å²) in [5, 5.41) is 6.80. The Morgan fingerprint density at radius 1 is 1.03 bits per heavy atom. The molecule has 2 N–H and O–H groups in total. The molecule has 1 saturated heterocycles. The number of morpholine rings is 1. The monoisotopic (exact) mass is 564 g/mol. The lowest BCUT2D eigenvalue weighted by Gasteiger charge is -2.26. The lowest BCUT2D eigenvalue weighted by molar-refractivity contribution is 0.0342. The van der Waals surface area contributed by atoms with Crippen molar-refractivity contribution in [3.63, 3.8) is 0 Å². The molecular formula is C26H37IN4O2. The molecule has 1 heterocycles. The Bertz CT molecular complexity index is 865. The minimum Gasteiger partial charge on any atom is -0.493 e. The van der Waals surface area contributed by atoms with Crippen LogP contribution in [0.2, 0.25) is 0 Å². The van der Waals surface area contributed by atoms with Crippen molar-refractivity contribution >= 4 is 29.9 Å². The second-order valence-electron chi connectivity index (χ2n) is 8.62. The van der Waals surface area contributed by atoms with Gasteiger partial charge < -0.3 is 20.1 Å². The predicted octanol–water partition coefficient (Wildman–Crippen LogP) is 4.18. The van der Waals surface area contributed by atoms with Crippen LogP contribution in [0.3, 0.4) is 0 Å². The molecule has 0 amide bonds. The van der Waals surface area contributed by atoms with E-state index in [-0.39, 0.29) is 24.0 Å². The number of nitrogens with zero attached hydrogens (tertiary/aromatic N) is 2. The molecule has 0 atom stereocenters. The van der Waals surface area contributed by atoms with Gasteiger partial charge in [-0.05, 0) is 42.9 Å². The molecular weight excluding hydrogens is 527 g/mol. The summed E-state index contributed by atoms with van der Waals surface area (Å²) in [7, 11) is 0. The van der Waals surface area contributed by atoms with Crippen LogP contribution in [0, 0.1) is 5.92 Å². The van der Waals surface area contributed by atoms with E-state index in [2.05, 4.69) is 64.9 Å². The van der Waals surface area contributed by atoms with E-state index >= 15 is 0 Å². The zero-order chi connectivity index (χ0) is 22.0. The highest BCUT2D eigenvalue weighted by Gasteiger charge is 2.22. The van der Waals surface area contributed by atoms with E-state index in [0.717, 1.165) is 69.2 Å². The fourth-order valence-electron chi connectivity index (χ4n) is 3.74. The number of benzene rings is 2. The fourth-order valence-corrected chi connectivity index (χ4v) is 3.74. The molecule has 2 aromatic carbocycles. The number of nitrogens with one attached hydrogen (secondary N) is 2. The van der Waals surface area contributed by atoms with Crippen molar-refractivity contribution in [2.45, 2.75) is 39.4 Å². The molecule has 180 valence electrons. The van der Waals surface area contributed by atoms with Crippen molar-refractivity contribution in [2.75, 3.05) is 39.5 Å². The average Bonchev–Trinajstić information content (AvgIpc) is 3.66.